The molecule has 2 aromatic carbocycles. The number of aryl methyl sites for hydroxylation is 1. The van der Waals surface area contributed by atoms with Crippen LogP contribution in [-0.4, -0.2) is 24.3 Å². The van der Waals surface area contributed by atoms with E-state index in [1.165, 1.54) is 4.31 Å². The summed E-state index contributed by atoms with van der Waals surface area (Å²) in [7, 11) is -3.51. The second-order valence-corrected chi connectivity index (χ2v) is 8.80. The fourth-order valence-electron chi connectivity index (χ4n) is 3.06. The number of aromatic nitrogens is 1. The number of benzene rings is 2. The number of aliphatic hydroxyl groups is 1. The summed E-state index contributed by atoms with van der Waals surface area (Å²) < 4.78 is 26.9. The van der Waals surface area contributed by atoms with Gasteiger partial charge in [0, 0.05) is 12.4 Å². The van der Waals surface area contributed by atoms with Crippen molar-refractivity contribution in [3.8, 4) is 0 Å². The van der Waals surface area contributed by atoms with E-state index < -0.39 is 16.1 Å². The normalized spacial score (nSPS) is 12.5. The Labute approximate surface area is 166 Å². The maximum atomic E-state index is 12.8. The van der Waals surface area contributed by atoms with E-state index in [9.17, 15) is 13.5 Å². The fourth-order valence-corrected chi connectivity index (χ4v) is 4.15. The SMILES string of the molecule is CCS(=O)(=O)N(Cc1cccnc1)c1ccc(C)c(C(O)c2ccccc2)c1. The van der Waals surface area contributed by atoms with Crippen molar-refractivity contribution in [2.24, 2.45) is 0 Å². The number of anilines is 1. The molecule has 0 aliphatic carbocycles. The van der Waals surface area contributed by atoms with E-state index in [2.05, 4.69) is 4.98 Å². The van der Waals surface area contributed by atoms with Crippen LogP contribution in [0.5, 0.6) is 0 Å². The lowest BCUT2D eigenvalue weighted by atomic mass is 9.97. The van der Waals surface area contributed by atoms with Crippen molar-refractivity contribution in [2.75, 3.05) is 10.1 Å². The monoisotopic (exact) mass is 396 g/mol. The minimum absolute atomic E-state index is 0.0162. The molecule has 1 heterocycles. The van der Waals surface area contributed by atoms with Gasteiger partial charge in [-0.05, 0) is 54.3 Å². The Hall–Kier alpha value is -2.70. The molecule has 0 radical (unpaired) electrons. The summed E-state index contributed by atoms with van der Waals surface area (Å²) >= 11 is 0. The van der Waals surface area contributed by atoms with Gasteiger partial charge < -0.3 is 5.11 Å². The summed E-state index contributed by atoms with van der Waals surface area (Å²) in [5.41, 5.74) is 3.67. The molecule has 0 saturated heterocycles. The molecule has 1 atom stereocenters. The van der Waals surface area contributed by atoms with E-state index in [0.717, 1.165) is 16.7 Å². The van der Waals surface area contributed by atoms with Gasteiger partial charge in [-0.25, -0.2) is 8.42 Å². The zero-order valence-corrected chi connectivity index (χ0v) is 16.8. The first-order valence-electron chi connectivity index (χ1n) is 9.15. The van der Waals surface area contributed by atoms with Crippen molar-refractivity contribution in [3.05, 3.63) is 95.3 Å². The summed E-state index contributed by atoms with van der Waals surface area (Å²) in [4.78, 5) is 4.08. The predicted octanol–water partition coefficient (Wildman–Crippen LogP) is 3.83. The van der Waals surface area contributed by atoms with Gasteiger partial charge in [-0.15, -0.1) is 0 Å². The molecular formula is C22H24N2O3S. The van der Waals surface area contributed by atoms with Crippen LogP contribution in [0, 0.1) is 6.92 Å². The first kappa shape index (κ1) is 20.0. The first-order chi connectivity index (χ1) is 13.4. The highest BCUT2D eigenvalue weighted by atomic mass is 32.2. The van der Waals surface area contributed by atoms with Crippen molar-refractivity contribution in [1.82, 2.24) is 4.98 Å². The van der Waals surface area contributed by atoms with Crippen LogP contribution in [0.15, 0.2) is 73.1 Å². The molecule has 0 fully saturated rings. The lowest BCUT2D eigenvalue weighted by Gasteiger charge is -2.25. The molecular weight excluding hydrogens is 372 g/mol. The van der Waals surface area contributed by atoms with E-state index >= 15 is 0 Å². The Bertz CT molecular complexity index is 1020. The second-order valence-electron chi connectivity index (χ2n) is 6.62. The number of hydrogen-bond acceptors (Lipinski definition) is 4. The second kappa shape index (κ2) is 8.54. The van der Waals surface area contributed by atoms with Crippen LogP contribution in [0.25, 0.3) is 0 Å². The lowest BCUT2D eigenvalue weighted by molar-refractivity contribution is 0.219. The van der Waals surface area contributed by atoms with Crippen LogP contribution in [0.2, 0.25) is 0 Å². The van der Waals surface area contributed by atoms with Gasteiger partial charge in [-0.3, -0.25) is 9.29 Å². The van der Waals surface area contributed by atoms with Gasteiger partial charge in [-0.2, -0.15) is 0 Å². The van der Waals surface area contributed by atoms with Crippen LogP contribution in [0.4, 0.5) is 5.69 Å². The summed E-state index contributed by atoms with van der Waals surface area (Å²) in [5, 5.41) is 10.9. The van der Waals surface area contributed by atoms with Gasteiger partial charge >= 0.3 is 0 Å². The van der Waals surface area contributed by atoms with Gasteiger partial charge in [0.25, 0.3) is 0 Å². The lowest BCUT2D eigenvalue weighted by Crippen LogP contribution is -2.32. The van der Waals surface area contributed by atoms with E-state index in [-0.39, 0.29) is 12.3 Å². The Morgan fingerprint density at radius 2 is 1.82 bits per heavy atom. The van der Waals surface area contributed by atoms with Crippen molar-refractivity contribution >= 4 is 15.7 Å². The third kappa shape index (κ3) is 4.40. The molecule has 146 valence electrons. The number of aliphatic hydroxyl groups excluding tert-OH is 1. The Morgan fingerprint density at radius 1 is 1.07 bits per heavy atom. The van der Waals surface area contributed by atoms with Crippen LogP contribution < -0.4 is 4.31 Å². The average molecular weight is 397 g/mol. The number of pyridine rings is 1. The van der Waals surface area contributed by atoms with Crippen LogP contribution in [-0.2, 0) is 16.6 Å². The molecule has 0 amide bonds. The smallest absolute Gasteiger partial charge is 0.235 e. The highest BCUT2D eigenvalue weighted by molar-refractivity contribution is 7.92. The molecule has 1 aromatic heterocycles. The van der Waals surface area contributed by atoms with Crippen molar-refractivity contribution in [2.45, 2.75) is 26.5 Å². The maximum Gasteiger partial charge on any atom is 0.235 e. The molecule has 3 rings (SSSR count). The number of rotatable bonds is 7. The number of nitrogens with zero attached hydrogens (tertiary/aromatic N) is 2. The zero-order valence-electron chi connectivity index (χ0n) is 16.0. The highest BCUT2D eigenvalue weighted by Crippen LogP contribution is 2.30. The first-order valence-corrected chi connectivity index (χ1v) is 10.8. The maximum absolute atomic E-state index is 12.8. The van der Waals surface area contributed by atoms with E-state index in [1.54, 1.807) is 37.5 Å². The van der Waals surface area contributed by atoms with E-state index in [1.807, 2.05) is 49.4 Å². The van der Waals surface area contributed by atoms with Gasteiger partial charge in [0.2, 0.25) is 10.0 Å². The van der Waals surface area contributed by atoms with Gasteiger partial charge in [0.05, 0.1) is 18.0 Å². The predicted molar refractivity (Wildman–Crippen MR) is 112 cm³/mol. The Kier molecular flexibility index (Phi) is 6.11. The van der Waals surface area contributed by atoms with Crippen molar-refractivity contribution in [3.63, 3.8) is 0 Å². The zero-order chi connectivity index (χ0) is 20.1. The minimum Gasteiger partial charge on any atom is -0.384 e. The number of hydrogen-bond donors (Lipinski definition) is 1. The van der Waals surface area contributed by atoms with Gasteiger partial charge in [0.1, 0.15) is 6.10 Å². The van der Waals surface area contributed by atoms with Crippen LogP contribution in [0.1, 0.15) is 35.3 Å². The summed E-state index contributed by atoms with van der Waals surface area (Å²) in [6, 6.07) is 18.4. The molecule has 3 aromatic rings. The minimum atomic E-state index is -3.51. The van der Waals surface area contributed by atoms with Crippen molar-refractivity contribution in [1.29, 1.82) is 0 Å². The van der Waals surface area contributed by atoms with E-state index in [0.29, 0.717) is 11.3 Å². The molecule has 0 spiro atoms. The largest absolute Gasteiger partial charge is 0.384 e. The molecule has 0 aliphatic rings. The quantitative estimate of drug-likeness (QED) is 0.659. The van der Waals surface area contributed by atoms with Gasteiger partial charge in [0.15, 0.2) is 0 Å². The van der Waals surface area contributed by atoms with Crippen LogP contribution >= 0.6 is 0 Å². The summed E-state index contributed by atoms with van der Waals surface area (Å²) in [6.07, 6.45) is 2.49. The molecule has 28 heavy (non-hydrogen) atoms. The molecule has 1 N–H and O–H groups in total. The topological polar surface area (TPSA) is 70.5 Å². The third-order valence-corrected chi connectivity index (χ3v) is 6.45. The van der Waals surface area contributed by atoms with E-state index in [4.69, 9.17) is 0 Å². The van der Waals surface area contributed by atoms with Crippen LogP contribution in [0.3, 0.4) is 0 Å². The molecule has 0 bridgehead atoms. The Morgan fingerprint density at radius 3 is 2.46 bits per heavy atom. The summed E-state index contributed by atoms with van der Waals surface area (Å²) in [6.45, 7) is 3.72. The summed E-state index contributed by atoms with van der Waals surface area (Å²) in [5.74, 6) is -0.0162. The standard InChI is InChI=1S/C22H24N2O3S/c1-3-28(26,27)24(16-18-8-7-13-23-15-18)20-12-11-17(2)21(14-20)22(25)19-9-5-4-6-10-19/h4-15,22,25H,3,16H2,1-2H3. The molecule has 0 aliphatic heterocycles. The third-order valence-electron chi connectivity index (χ3n) is 4.71. The highest BCUT2D eigenvalue weighted by Gasteiger charge is 2.23. The molecule has 6 heteroatoms. The number of sulfonamides is 1. The van der Waals surface area contributed by atoms with Gasteiger partial charge in [-0.1, -0.05) is 42.5 Å². The average Bonchev–Trinajstić information content (AvgIpc) is 2.73. The molecule has 0 saturated carbocycles. The molecule has 5 nitrogen and oxygen atoms in total. The fraction of sp³-hybridized carbons (Fsp3) is 0.227. The Balaban J connectivity index is 2.03. The molecule has 1 unspecified atom stereocenters. The van der Waals surface area contributed by atoms with Crippen molar-refractivity contribution < 1.29 is 13.5 Å².